The number of hydrogen-bond acceptors (Lipinski definition) is 4. The molecule has 0 aliphatic carbocycles. The summed E-state index contributed by atoms with van der Waals surface area (Å²) in [5, 5.41) is 5.56. The minimum Gasteiger partial charge on any atom is -0.449 e. The highest BCUT2D eigenvalue weighted by Crippen LogP contribution is 2.36. The molecule has 134 valence electrons. The van der Waals surface area contributed by atoms with Gasteiger partial charge in [-0.1, -0.05) is 11.6 Å². The fourth-order valence-corrected chi connectivity index (χ4v) is 2.10. The van der Waals surface area contributed by atoms with Crippen LogP contribution in [0.2, 0.25) is 5.02 Å². The van der Waals surface area contributed by atoms with E-state index in [4.69, 9.17) is 16.3 Å². The topological polar surface area (TPSA) is 73.2 Å². The molecule has 10 heteroatoms. The molecule has 0 aliphatic rings. The fraction of sp³-hybridized carbons (Fsp3) is 0.267. The van der Waals surface area contributed by atoms with Crippen LogP contribution in [0.15, 0.2) is 30.6 Å². The molecule has 1 atom stereocenters. The van der Waals surface area contributed by atoms with Crippen LogP contribution in [0.3, 0.4) is 0 Å². The first-order valence-corrected chi connectivity index (χ1v) is 7.33. The summed E-state index contributed by atoms with van der Waals surface area (Å²) in [5.74, 6) is -1.56. The zero-order valence-corrected chi connectivity index (χ0v) is 13.9. The molecule has 2 rings (SSSR count). The van der Waals surface area contributed by atoms with E-state index in [-0.39, 0.29) is 11.3 Å². The Bertz CT molecular complexity index is 805. The van der Waals surface area contributed by atoms with Crippen LogP contribution in [-0.2, 0) is 22.8 Å². The number of nitrogens with zero attached hydrogens (tertiary/aromatic N) is 2. The quantitative estimate of drug-likeness (QED) is 0.832. The number of nitrogens with one attached hydrogen (secondary N) is 1. The van der Waals surface area contributed by atoms with Gasteiger partial charge in [-0.2, -0.15) is 18.3 Å². The van der Waals surface area contributed by atoms with Gasteiger partial charge in [0.15, 0.2) is 6.10 Å². The lowest BCUT2D eigenvalue weighted by Gasteiger charge is -2.15. The summed E-state index contributed by atoms with van der Waals surface area (Å²) in [6.07, 6.45) is -3.21. The summed E-state index contributed by atoms with van der Waals surface area (Å²) in [6, 6.07) is 2.94. The third-order valence-electron chi connectivity index (χ3n) is 3.13. The van der Waals surface area contributed by atoms with E-state index >= 15 is 0 Å². The number of benzene rings is 1. The zero-order chi connectivity index (χ0) is 18.8. The number of aryl methyl sites for hydroxylation is 1. The van der Waals surface area contributed by atoms with Crippen LogP contribution in [0.25, 0.3) is 0 Å². The molecule has 1 amide bonds. The predicted molar refractivity (Wildman–Crippen MR) is 83.2 cm³/mol. The third kappa shape index (κ3) is 4.72. The van der Waals surface area contributed by atoms with Gasteiger partial charge in [0.05, 0.1) is 22.3 Å². The summed E-state index contributed by atoms with van der Waals surface area (Å²) in [4.78, 5) is 23.8. The molecule has 1 aromatic heterocycles. The van der Waals surface area contributed by atoms with Crippen molar-refractivity contribution >= 4 is 29.2 Å². The van der Waals surface area contributed by atoms with Crippen LogP contribution in [0.5, 0.6) is 0 Å². The van der Waals surface area contributed by atoms with E-state index in [9.17, 15) is 22.8 Å². The molecule has 6 nitrogen and oxygen atoms in total. The van der Waals surface area contributed by atoms with Crippen molar-refractivity contribution in [1.82, 2.24) is 9.78 Å². The van der Waals surface area contributed by atoms with E-state index < -0.39 is 34.7 Å². The molecule has 0 saturated carbocycles. The number of ether oxygens (including phenoxy) is 1. The largest absolute Gasteiger partial charge is 0.449 e. The number of carbonyl (C=O) groups is 2. The first-order chi connectivity index (χ1) is 11.6. The lowest BCUT2D eigenvalue weighted by molar-refractivity contribution is -0.137. The maximum atomic E-state index is 12.8. The van der Waals surface area contributed by atoms with Gasteiger partial charge in [0.25, 0.3) is 5.91 Å². The van der Waals surface area contributed by atoms with Crippen molar-refractivity contribution in [2.45, 2.75) is 19.2 Å². The first kappa shape index (κ1) is 18.8. The van der Waals surface area contributed by atoms with Crippen molar-refractivity contribution in [3.63, 3.8) is 0 Å². The van der Waals surface area contributed by atoms with Gasteiger partial charge in [0.2, 0.25) is 0 Å². The molecule has 1 aromatic carbocycles. The fourth-order valence-electron chi connectivity index (χ4n) is 1.87. The maximum absolute atomic E-state index is 12.8. The standard InChI is InChI=1S/C15H13ClF3N3O3/c1-8(25-14(24)9-6-20-22(2)7-9)13(23)21-10-3-4-12(16)11(5-10)15(17,18)19/h3-8H,1-2H3,(H,21,23)/t8-/m1/s1. The summed E-state index contributed by atoms with van der Waals surface area (Å²) in [5.41, 5.74) is -1.05. The number of carbonyl (C=O) groups excluding carboxylic acids is 2. The molecule has 0 spiro atoms. The highest BCUT2D eigenvalue weighted by molar-refractivity contribution is 6.31. The van der Waals surface area contributed by atoms with Gasteiger partial charge in [-0.05, 0) is 25.1 Å². The monoisotopic (exact) mass is 375 g/mol. The van der Waals surface area contributed by atoms with E-state index in [1.165, 1.54) is 30.1 Å². The number of anilines is 1. The normalized spacial score (nSPS) is 12.6. The predicted octanol–water partition coefficient (Wildman–Crippen LogP) is 3.28. The number of halogens is 4. The zero-order valence-electron chi connectivity index (χ0n) is 13.1. The highest BCUT2D eigenvalue weighted by Gasteiger charge is 2.33. The molecule has 0 radical (unpaired) electrons. The highest BCUT2D eigenvalue weighted by atomic mass is 35.5. The minimum atomic E-state index is -4.66. The van der Waals surface area contributed by atoms with Gasteiger partial charge in [-0.15, -0.1) is 0 Å². The Kier molecular flexibility index (Phi) is 5.36. The van der Waals surface area contributed by atoms with Crippen molar-refractivity contribution in [1.29, 1.82) is 0 Å². The van der Waals surface area contributed by atoms with E-state index in [1.807, 2.05) is 0 Å². The van der Waals surface area contributed by atoms with Crippen molar-refractivity contribution < 1.29 is 27.5 Å². The van der Waals surface area contributed by atoms with E-state index in [0.29, 0.717) is 6.07 Å². The number of amides is 1. The number of esters is 1. The van der Waals surface area contributed by atoms with E-state index in [1.54, 1.807) is 7.05 Å². The summed E-state index contributed by atoms with van der Waals surface area (Å²) in [6.45, 7) is 1.30. The van der Waals surface area contributed by atoms with Crippen molar-refractivity contribution in [2.24, 2.45) is 7.05 Å². The third-order valence-corrected chi connectivity index (χ3v) is 3.46. The van der Waals surface area contributed by atoms with Crippen LogP contribution in [0.1, 0.15) is 22.8 Å². The Labute approximate surface area is 145 Å². The lowest BCUT2D eigenvalue weighted by Crippen LogP contribution is -2.30. The molecule has 0 fully saturated rings. The molecular weight excluding hydrogens is 363 g/mol. The number of hydrogen-bond donors (Lipinski definition) is 1. The maximum Gasteiger partial charge on any atom is 0.417 e. The smallest absolute Gasteiger partial charge is 0.417 e. The van der Waals surface area contributed by atoms with Gasteiger partial charge in [0.1, 0.15) is 0 Å². The molecule has 0 bridgehead atoms. The average Bonchev–Trinajstić information content (AvgIpc) is 2.94. The van der Waals surface area contributed by atoms with Crippen molar-refractivity contribution in [3.05, 3.63) is 46.7 Å². The van der Waals surface area contributed by atoms with Gasteiger partial charge in [-0.25, -0.2) is 4.79 Å². The second-order valence-electron chi connectivity index (χ2n) is 5.13. The molecular formula is C15H13ClF3N3O3. The van der Waals surface area contributed by atoms with Gasteiger partial charge < -0.3 is 10.1 Å². The van der Waals surface area contributed by atoms with Crippen LogP contribution < -0.4 is 5.32 Å². The van der Waals surface area contributed by atoms with E-state index in [0.717, 1.165) is 6.07 Å². The molecule has 0 unspecified atom stereocenters. The Morgan fingerprint density at radius 3 is 2.60 bits per heavy atom. The van der Waals surface area contributed by atoms with Crippen LogP contribution in [0.4, 0.5) is 18.9 Å². The molecule has 1 N–H and O–H groups in total. The number of alkyl halides is 3. The lowest BCUT2D eigenvalue weighted by atomic mass is 10.2. The van der Waals surface area contributed by atoms with Crippen molar-refractivity contribution in [3.8, 4) is 0 Å². The minimum absolute atomic E-state index is 0.119. The Morgan fingerprint density at radius 1 is 1.36 bits per heavy atom. The van der Waals surface area contributed by atoms with Crippen LogP contribution >= 0.6 is 11.6 Å². The SMILES string of the molecule is C[C@@H](OC(=O)c1cnn(C)c1)C(=O)Nc1ccc(Cl)c(C(F)(F)F)c1. The van der Waals surface area contributed by atoms with Gasteiger partial charge >= 0.3 is 12.1 Å². The van der Waals surface area contributed by atoms with Crippen LogP contribution in [0, 0.1) is 0 Å². The summed E-state index contributed by atoms with van der Waals surface area (Å²) in [7, 11) is 1.60. The molecule has 25 heavy (non-hydrogen) atoms. The number of aromatic nitrogens is 2. The molecule has 1 heterocycles. The average molecular weight is 376 g/mol. The second-order valence-corrected chi connectivity index (χ2v) is 5.54. The Hall–Kier alpha value is -2.55. The Balaban J connectivity index is 2.05. The first-order valence-electron chi connectivity index (χ1n) is 6.95. The second kappa shape index (κ2) is 7.14. The summed E-state index contributed by atoms with van der Waals surface area (Å²) < 4.78 is 44.8. The van der Waals surface area contributed by atoms with Crippen molar-refractivity contribution in [2.75, 3.05) is 5.32 Å². The molecule has 0 aliphatic heterocycles. The molecule has 2 aromatic rings. The van der Waals surface area contributed by atoms with Gasteiger partial charge in [0, 0.05) is 18.9 Å². The Morgan fingerprint density at radius 2 is 2.04 bits per heavy atom. The van der Waals surface area contributed by atoms with E-state index in [2.05, 4.69) is 10.4 Å². The number of rotatable bonds is 4. The van der Waals surface area contributed by atoms with Crippen LogP contribution in [-0.4, -0.2) is 27.8 Å². The summed E-state index contributed by atoms with van der Waals surface area (Å²) >= 11 is 5.51. The van der Waals surface area contributed by atoms with Gasteiger partial charge in [-0.3, -0.25) is 9.48 Å². The molecule has 0 saturated heterocycles.